The zero-order valence-electron chi connectivity index (χ0n) is 8.48. The van der Waals surface area contributed by atoms with Crippen molar-refractivity contribution >= 4 is 5.78 Å². The van der Waals surface area contributed by atoms with E-state index in [1.54, 1.807) is 24.3 Å². The van der Waals surface area contributed by atoms with E-state index in [9.17, 15) is 9.90 Å². The van der Waals surface area contributed by atoms with Gasteiger partial charge in [0.15, 0.2) is 5.78 Å². The van der Waals surface area contributed by atoms with Crippen molar-refractivity contribution in [2.24, 2.45) is 5.73 Å². The van der Waals surface area contributed by atoms with Crippen molar-refractivity contribution in [2.45, 2.75) is 6.42 Å². The molecule has 4 nitrogen and oxygen atoms in total. The topological polar surface area (TPSA) is 72.5 Å². The van der Waals surface area contributed by atoms with E-state index in [1.165, 1.54) is 0 Å². The number of carbonyl (C=O) groups excluding carboxylic acids is 1. The predicted molar refractivity (Wildman–Crippen MR) is 56.7 cm³/mol. The Bertz CT molecular complexity index is 325. The first-order valence-corrected chi connectivity index (χ1v) is 4.80. The average Bonchev–Trinajstić information content (AvgIpc) is 2.18. The molecule has 0 radical (unpaired) electrons. The highest BCUT2D eigenvalue weighted by Crippen LogP contribution is 2.11. The molecule has 0 aromatic heterocycles. The fraction of sp³-hybridized carbons (Fsp3) is 0.364. The zero-order valence-corrected chi connectivity index (χ0v) is 8.48. The monoisotopic (exact) mass is 209 g/mol. The van der Waals surface area contributed by atoms with Crippen LogP contribution in [-0.4, -0.2) is 30.6 Å². The number of hydrogen-bond donors (Lipinski definition) is 2. The molecule has 0 heterocycles. The van der Waals surface area contributed by atoms with Gasteiger partial charge >= 0.3 is 0 Å². The van der Waals surface area contributed by atoms with Crippen LogP contribution in [0, 0.1) is 0 Å². The molecule has 82 valence electrons. The van der Waals surface area contributed by atoms with Crippen molar-refractivity contribution in [2.75, 3.05) is 19.8 Å². The van der Waals surface area contributed by atoms with Crippen molar-refractivity contribution in [3.63, 3.8) is 0 Å². The third kappa shape index (κ3) is 4.58. The van der Waals surface area contributed by atoms with Gasteiger partial charge in [-0.05, 0) is 17.7 Å². The molecule has 0 amide bonds. The molecular formula is C11H15NO3. The van der Waals surface area contributed by atoms with E-state index in [0.717, 1.165) is 5.56 Å². The summed E-state index contributed by atoms with van der Waals surface area (Å²) < 4.78 is 5.01. The van der Waals surface area contributed by atoms with Crippen molar-refractivity contribution in [3.05, 3.63) is 29.8 Å². The van der Waals surface area contributed by atoms with E-state index in [2.05, 4.69) is 0 Å². The summed E-state index contributed by atoms with van der Waals surface area (Å²) in [5.41, 5.74) is 6.01. The highest BCUT2D eigenvalue weighted by molar-refractivity contribution is 5.82. The number of ketones is 1. The summed E-state index contributed by atoms with van der Waals surface area (Å²) in [6.45, 7) is 0.887. The minimum Gasteiger partial charge on any atom is -0.508 e. The van der Waals surface area contributed by atoms with E-state index in [1.807, 2.05) is 0 Å². The van der Waals surface area contributed by atoms with Crippen LogP contribution in [0.4, 0.5) is 0 Å². The lowest BCUT2D eigenvalue weighted by Crippen LogP contribution is -2.16. The van der Waals surface area contributed by atoms with Crippen LogP contribution in [0.5, 0.6) is 5.75 Å². The van der Waals surface area contributed by atoms with Gasteiger partial charge in [-0.1, -0.05) is 12.1 Å². The molecule has 0 unspecified atom stereocenters. The van der Waals surface area contributed by atoms with E-state index in [-0.39, 0.29) is 24.6 Å². The Hall–Kier alpha value is -1.39. The number of ether oxygens (including phenoxy) is 1. The molecule has 0 bridgehead atoms. The summed E-state index contributed by atoms with van der Waals surface area (Å²) in [4.78, 5) is 11.4. The quantitative estimate of drug-likeness (QED) is 0.668. The summed E-state index contributed by atoms with van der Waals surface area (Å²) in [6.07, 6.45) is 0.277. The van der Waals surface area contributed by atoms with Crippen LogP contribution in [-0.2, 0) is 16.0 Å². The number of aromatic hydroxyl groups is 1. The Morgan fingerprint density at radius 3 is 2.93 bits per heavy atom. The molecule has 0 spiro atoms. The van der Waals surface area contributed by atoms with Gasteiger partial charge in [0.25, 0.3) is 0 Å². The zero-order chi connectivity index (χ0) is 11.1. The second-order valence-electron chi connectivity index (χ2n) is 3.23. The molecule has 4 heteroatoms. The predicted octanol–water partition coefficient (Wildman–Crippen LogP) is 0.479. The van der Waals surface area contributed by atoms with Crippen LogP contribution >= 0.6 is 0 Å². The smallest absolute Gasteiger partial charge is 0.162 e. The summed E-state index contributed by atoms with van der Waals surface area (Å²) in [7, 11) is 0. The van der Waals surface area contributed by atoms with E-state index < -0.39 is 0 Å². The first kappa shape index (κ1) is 11.7. The molecule has 0 aliphatic rings. The van der Waals surface area contributed by atoms with Gasteiger partial charge in [0.2, 0.25) is 0 Å². The molecule has 0 fully saturated rings. The minimum atomic E-state index is -0.0194. The van der Waals surface area contributed by atoms with Crippen LogP contribution < -0.4 is 5.73 Å². The van der Waals surface area contributed by atoms with Gasteiger partial charge in [0, 0.05) is 13.0 Å². The fourth-order valence-corrected chi connectivity index (χ4v) is 1.21. The highest BCUT2D eigenvalue weighted by Gasteiger charge is 2.04. The van der Waals surface area contributed by atoms with Crippen molar-refractivity contribution < 1.29 is 14.6 Å². The molecule has 15 heavy (non-hydrogen) atoms. The maximum atomic E-state index is 11.4. The SMILES string of the molecule is NCCOCC(=O)Cc1cccc(O)c1. The lowest BCUT2D eigenvalue weighted by atomic mass is 10.1. The van der Waals surface area contributed by atoms with Gasteiger partial charge in [0.1, 0.15) is 12.4 Å². The molecule has 1 aromatic rings. The second-order valence-corrected chi connectivity index (χ2v) is 3.23. The first-order valence-electron chi connectivity index (χ1n) is 4.80. The Labute approximate surface area is 88.7 Å². The van der Waals surface area contributed by atoms with Crippen LogP contribution in [0.3, 0.4) is 0 Å². The second kappa shape index (κ2) is 6.16. The van der Waals surface area contributed by atoms with Crippen LogP contribution in [0.25, 0.3) is 0 Å². The van der Waals surface area contributed by atoms with Gasteiger partial charge in [-0.25, -0.2) is 0 Å². The fourth-order valence-electron chi connectivity index (χ4n) is 1.21. The summed E-state index contributed by atoms with van der Waals surface area (Å²) >= 11 is 0. The maximum absolute atomic E-state index is 11.4. The van der Waals surface area contributed by atoms with Crippen molar-refractivity contribution in [3.8, 4) is 5.75 Å². The lowest BCUT2D eigenvalue weighted by molar-refractivity contribution is -0.122. The maximum Gasteiger partial charge on any atom is 0.162 e. The first-order chi connectivity index (χ1) is 7.22. The van der Waals surface area contributed by atoms with E-state index >= 15 is 0 Å². The number of carbonyl (C=O) groups is 1. The van der Waals surface area contributed by atoms with Crippen LogP contribution in [0.1, 0.15) is 5.56 Å². The van der Waals surface area contributed by atoms with Gasteiger partial charge in [-0.2, -0.15) is 0 Å². The van der Waals surface area contributed by atoms with Gasteiger partial charge in [-0.15, -0.1) is 0 Å². The lowest BCUT2D eigenvalue weighted by Gasteiger charge is -2.02. The molecule has 1 aromatic carbocycles. The molecular weight excluding hydrogens is 194 g/mol. The molecule has 0 aliphatic carbocycles. The van der Waals surface area contributed by atoms with E-state index in [0.29, 0.717) is 13.2 Å². The number of benzene rings is 1. The van der Waals surface area contributed by atoms with Crippen LogP contribution in [0.2, 0.25) is 0 Å². The summed E-state index contributed by atoms with van der Waals surface area (Å²) in [5, 5.41) is 9.18. The van der Waals surface area contributed by atoms with Gasteiger partial charge in [0.05, 0.1) is 6.61 Å². The van der Waals surface area contributed by atoms with Gasteiger partial charge < -0.3 is 15.6 Å². The van der Waals surface area contributed by atoms with Crippen molar-refractivity contribution in [1.82, 2.24) is 0 Å². The normalized spacial score (nSPS) is 10.2. The Morgan fingerprint density at radius 1 is 1.47 bits per heavy atom. The number of phenolic OH excluding ortho intramolecular Hbond substituents is 1. The molecule has 1 rings (SSSR count). The number of rotatable bonds is 6. The van der Waals surface area contributed by atoms with E-state index in [4.69, 9.17) is 10.5 Å². The van der Waals surface area contributed by atoms with Crippen LogP contribution in [0.15, 0.2) is 24.3 Å². The molecule has 0 saturated carbocycles. The molecule has 0 atom stereocenters. The third-order valence-corrected chi connectivity index (χ3v) is 1.84. The number of nitrogens with two attached hydrogens (primary N) is 1. The molecule has 0 saturated heterocycles. The number of Topliss-reactive ketones (excluding diaryl/α,β-unsaturated/α-hetero) is 1. The third-order valence-electron chi connectivity index (χ3n) is 1.84. The number of hydrogen-bond acceptors (Lipinski definition) is 4. The number of phenols is 1. The minimum absolute atomic E-state index is 0.0194. The molecule has 0 aliphatic heterocycles. The highest BCUT2D eigenvalue weighted by atomic mass is 16.5. The van der Waals surface area contributed by atoms with Gasteiger partial charge in [-0.3, -0.25) is 4.79 Å². The Kier molecular flexibility index (Phi) is 4.80. The summed E-state index contributed by atoms with van der Waals surface area (Å²) in [5.74, 6) is 0.150. The Balaban J connectivity index is 2.37. The standard InChI is InChI=1S/C11H15NO3/c12-4-5-15-8-11(14)7-9-2-1-3-10(13)6-9/h1-3,6,13H,4-5,7-8,12H2. The summed E-state index contributed by atoms with van der Waals surface area (Å²) in [6, 6.07) is 6.64. The molecule has 3 N–H and O–H groups in total. The van der Waals surface area contributed by atoms with Crippen molar-refractivity contribution in [1.29, 1.82) is 0 Å². The largest absolute Gasteiger partial charge is 0.508 e. The Morgan fingerprint density at radius 2 is 2.27 bits per heavy atom. The average molecular weight is 209 g/mol.